The normalized spacial score (nSPS) is 22.1. The second-order valence-electron chi connectivity index (χ2n) is 9.63. The van der Waals surface area contributed by atoms with Crippen LogP contribution in [0.25, 0.3) is 0 Å². The molecule has 40 heavy (non-hydrogen) atoms. The topological polar surface area (TPSA) is 188 Å². The second-order valence-corrected chi connectivity index (χ2v) is 10.4. The molecule has 4 atom stereocenters. The van der Waals surface area contributed by atoms with Crippen LogP contribution in [0.15, 0.2) is 48.5 Å². The molecule has 2 N–H and O–H groups in total. The van der Waals surface area contributed by atoms with E-state index in [1.54, 1.807) is 0 Å². The Morgan fingerprint density at radius 1 is 0.825 bits per heavy atom. The molecule has 3 amide bonds. The predicted molar refractivity (Wildman–Crippen MR) is 142 cm³/mol. The number of carbonyl (C=O) groups excluding carboxylic acids is 3. The number of benzene rings is 2. The van der Waals surface area contributed by atoms with Gasteiger partial charge in [-0.25, -0.2) is 9.59 Å². The molecule has 0 spiro atoms. The predicted octanol–water partition coefficient (Wildman–Crippen LogP) is 3.02. The van der Waals surface area contributed by atoms with Gasteiger partial charge in [-0.2, -0.15) is 12.6 Å². The van der Waals surface area contributed by atoms with E-state index in [9.17, 15) is 34.6 Å². The molecule has 2 fully saturated rings. The van der Waals surface area contributed by atoms with Gasteiger partial charge in [0, 0.05) is 48.6 Å². The third-order valence-corrected chi connectivity index (χ3v) is 7.39. The van der Waals surface area contributed by atoms with Crippen molar-refractivity contribution < 1.29 is 33.7 Å². The Labute approximate surface area is 233 Å². The third kappa shape index (κ3) is 6.59. The maximum absolute atomic E-state index is 13.0. The van der Waals surface area contributed by atoms with Crippen LogP contribution in [0.2, 0.25) is 0 Å². The van der Waals surface area contributed by atoms with Crippen molar-refractivity contribution in [1.82, 2.24) is 9.80 Å². The molecule has 2 aromatic rings. The van der Waals surface area contributed by atoms with Gasteiger partial charge in [0.2, 0.25) is 5.91 Å². The van der Waals surface area contributed by atoms with Crippen LogP contribution in [0.3, 0.4) is 0 Å². The molecule has 0 radical (unpaired) electrons. The van der Waals surface area contributed by atoms with Gasteiger partial charge in [0.1, 0.15) is 19.3 Å². The standard InChI is InChI=1S/C25H27N5O9S/c26-23(31)22-9-17(11-27(22)24(32)38-13-15-1-5-18(6-2-15)29(34)35)21-10-20(40)12-28(21)25(33)39-14-16-3-7-19(8-4-16)30(36)37/h1-8,17,20-22,40H,9-14H2,(H2,26,31)/t17?,20-,21-,22?/m0/s1. The zero-order valence-electron chi connectivity index (χ0n) is 21.2. The fraction of sp³-hybridized carbons (Fsp3) is 0.400. The number of nitrogens with two attached hydrogens (primary N) is 1. The van der Waals surface area contributed by atoms with Crippen LogP contribution >= 0.6 is 12.6 Å². The van der Waals surface area contributed by atoms with Crippen molar-refractivity contribution >= 4 is 42.1 Å². The zero-order chi connectivity index (χ0) is 29.0. The van der Waals surface area contributed by atoms with E-state index >= 15 is 0 Å². The van der Waals surface area contributed by atoms with Crippen molar-refractivity contribution in [3.8, 4) is 0 Å². The first-order valence-electron chi connectivity index (χ1n) is 12.3. The molecular formula is C25H27N5O9S. The molecule has 2 unspecified atom stereocenters. The van der Waals surface area contributed by atoms with E-state index in [1.807, 2.05) is 0 Å². The highest BCUT2D eigenvalue weighted by Gasteiger charge is 2.47. The highest BCUT2D eigenvalue weighted by Crippen LogP contribution is 2.36. The molecule has 2 aliphatic rings. The first kappa shape index (κ1) is 28.6. The summed E-state index contributed by atoms with van der Waals surface area (Å²) in [5.74, 6) is -1.00. The molecule has 2 heterocycles. The number of nitro benzene ring substituents is 2. The minimum absolute atomic E-state index is 0.0753. The summed E-state index contributed by atoms with van der Waals surface area (Å²) < 4.78 is 10.8. The monoisotopic (exact) mass is 573 g/mol. The number of rotatable bonds is 8. The van der Waals surface area contributed by atoms with E-state index in [1.165, 1.54) is 58.3 Å². The van der Waals surface area contributed by atoms with Gasteiger partial charge < -0.3 is 20.1 Å². The molecule has 2 aliphatic heterocycles. The number of likely N-dealkylation sites (tertiary alicyclic amines) is 2. The number of primary amides is 1. The van der Waals surface area contributed by atoms with Crippen LogP contribution < -0.4 is 5.73 Å². The number of nitro groups is 2. The molecule has 0 saturated carbocycles. The van der Waals surface area contributed by atoms with Gasteiger partial charge in [-0.15, -0.1) is 0 Å². The van der Waals surface area contributed by atoms with Crippen LogP contribution in [-0.4, -0.2) is 68.2 Å². The fourth-order valence-electron chi connectivity index (χ4n) is 5.00. The molecule has 4 rings (SSSR count). The summed E-state index contributed by atoms with van der Waals surface area (Å²) in [5.41, 5.74) is 6.52. The molecule has 212 valence electrons. The van der Waals surface area contributed by atoms with Crippen LogP contribution in [0.4, 0.5) is 21.0 Å². The summed E-state index contributed by atoms with van der Waals surface area (Å²) in [6.45, 7) is 0.166. The first-order chi connectivity index (χ1) is 19.0. The lowest BCUT2D eigenvalue weighted by Crippen LogP contribution is -2.44. The quantitative estimate of drug-likeness (QED) is 0.272. The van der Waals surface area contributed by atoms with E-state index in [4.69, 9.17) is 15.2 Å². The Bertz CT molecular complexity index is 1290. The van der Waals surface area contributed by atoms with Gasteiger partial charge in [-0.05, 0) is 54.2 Å². The van der Waals surface area contributed by atoms with E-state index in [-0.39, 0.29) is 54.8 Å². The lowest BCUT2D eigenvalue weighted by Gasteiger charge is -2.28. The maximum Gasteiger partial charge on any atom is 0.410 e. The maximum atomic E-state index is 13.0. The summed E-state index contributed by atoms with van der Waals surface area (Å²) in [7, 11) is 0. The number of nitrogens with zero attached hydrogens (tertiary/aromatic N) is 4. The Balaban J connectivity index is 1.38. The van der Waals surface area contributed by atoms with E-state index in [0.29, 0.717) is 24.1 Å². The van der Waals surface area contributed by atoms with Crippen molar-refractivity contribution in [3.05, 3.63) is 79.9 Å². The Hall–Kier alpha value is -4.40. The van der Waals surface area contributed by atoms with Crippen molar-refractivity contribution in [2.45, 2.75) is 43.4 Å². The Kier molecular flexibility index (Phi) is 8.72. The van der Waals surface area contributed by atoms with Gasteiger partial charge in [-0.1, -0.05) is 0 Å². The number of thiol groups is 1. The third-order valence-electron chi connectivity index (χ3n) is 7.02. The average molecular weight is 574 g/mol. The smallest absolute Gasteiger partial charge is 0.410 e. The number of non-ortho nitro benzene ring substituents is 2. The number of carbonyl (C=O) groups is 3. The van der Waals surface area contributed by atoms with Crippen LogP contribution in [0.5, 0.6) is 0 Å². The first-order valence-corrected chi connectivity index (χ1v) is 12.9. The molecule has 0 bridgehead atoms. The largest absolute Gasteiger partial charge is 0.445 e. The number of hydrogen-bond acceptors (Lipinski definition) is 10. The molecule has 15 heteroatoms. The van der Waals surface area contributed by atoms with Gasteiger partial charge >= 0.3 is 12.2 Å². The molecule has 2 saturated heterocycles. The van der Waals surface area contributed by atoms with Gasteiger partial charge in [0.05, 0.1) is 9.85 Å². The second kappa shape index (κ2) is 12.2. The number of amides is 3. The molecular weight excluding hydrogens is 546 g/mol. The fourth-order valence-corrected chi connectivity index (χ4v) is 5.39. The van der Waals surface area contributed by atoms with Gasteiger partial charge in [-0.3, -0.25) is 29.9 Å². The Morgan fingerprint density at radius 3 is 1.75 bits per heavy atom. The van der Waals surface area contributed by atoms with Crippen LogP contribution in [-0.2, 0) is 27.5 Å². The molecule has 2 aromatic carbocycles. The molecule has 14 nitrogen and oxygen atoms in total. The number of ether oxygens (including phenoxy) is 2. The van der Waals surface area contributed by atoms with Crippen molar-refractivity contribution in [2.24, 2.45) is 11.7 Å². The van der Waals surface area contributed by atoms with E-state index < -0.39 is 34.0 Å². The number of hydrogen-bond donors (Lipinski definition) is 2. The summed E-state index contributed by atoms with van der Waals surface area (Å²) in [4.78, 5) is 61.5. The highest BCUT2D eigenvalue weighted by molar-refractivity contribution is 7.81. The molecule has 0 aromatic heterocycles. The molecule has 0 aliphatic carbocycles. The van der Waals surface area contributed by atoms with Crippen molar-refractivity contribution in [1.29, 1.82) is 0 Å². The summed E-state index contributed by atoms with van der Waals surface area (Å²) in [6, 6.07) is 9.87. The van der Waals surface area contributed by atoms with Crippen molar-refractivity contribution in [2.75, 3.05) is 13.1 Å². The van der Waals surface area contributed by atoms with E-state index in [0.717, 1.165) is 0 Å². The zero-order valence-corrected chi connectivity index (χ0v) is 22.1. The van der Waals surface area contributed by atoms with E-state index in [2.05, 4.69) is 12.6 Å². The van der Waals surface area contributed by atoms with Crippen LogP contribution in [0, 0.1) is 26.1 Å². The Morgan fingerprint density at radius 2 is 1.30 bits per heavy atom. The summed E-state index contributed by atoms with van der Waals surface area (Å²) in [5, 5.41) is 21.5. The lowest BCUT2D eigenvalue weighted by molar-refractivity contribution is -0.385. The SMILES string of the molecule is NC(=O)C1CC([C@@H]2C[C@H](S)CN2C(=O)OCc2ccc([N+](=O)[O-])cc2)CN1C(=O)OCc1ccc([N+](=O)[O-])cc1. The minimum Gasteiger partial charge on any atom is -0.445 e. The highest BCUT2D eigenvalue weighted by atomic mass is 32.1. The van der Waals surface area contributed by atoms with Gasteiger partial charge in [0.25, 0.3) is 11.4 Å². The van der Waals surface area contributed by atoms with Crippen LogP contribution in [0.1, 0.15) is 24.0 Å². The summed E-state index contributed by atoms with van der Waals surface area (Å²) >= 11 is 4.53. The average Bonchev–Trinajstić information content (AvgIpc) is 3.55. The lowest BCUT2D eigenvalue weighted by atomic mass is 9.94. The van der Waals surface area contributed by atoms with Gasteiger partial charge in [0.15, 0.2) is 0 Å². The summed E-state index contributed by atoms with van der Waals surface area (Å²) in [6.07, 6.45) is -0.635. The van der Waals surface area contributed by atoms with Crippen molar-refractivity contribution in [3.63, 3.8) is 0 Å². The minimum atomic E-state index is -0.939.